The Morgan fingerprint density at radius 2 is 1.82 bits per heavy atom. The van der Waals surface area contributed by atoms with Crippen LogP contribution in [0.1, 0.15) is 51.1 Å². The minimum atomic E-state index is -0.279. The Labute approximate surface area is 166 Å². The molecule has 0 atom stereocenters. The van der Waals surface area contributed by atoms with Crippen LogP contribution >= 0.6 is 0 Å². The Hall–Kier alpha value is -2.66. The van der Waals surface area contributed by atoms with Crippen LogP contribution in [-0.2, 0) is 11.8 Å². The minimum Gasteiger partial charge on any atom is -0.398 e. The van der Waals surface area contributed by atoms with Crippen molar-refractivity contribution in [1.29, 1.82) is 0 Å². The number of nitrogen functional groups attached to an aromatic ring is 1. The van der Waals surface area contributed by atoms with Gasteiger partial charge in [0, 0.05) is 12.2 Å². The Morgan fingerprint density at radius 1 is 1.07 bits per heavy atom. The highest BCUT2D eigenvalue weighted by atomic mass is 16.2. The molecule has 2 N–H and O–H groups in total. The first-order chi connectivity index (χ1) is 13.4. The van der Waals surface area contributed by atoms with Crippen LogP contribution in [0.2, 0.25) is 0 Å². The van der Waals surface area contributed by atoms with Gasteiger partial charge in [0.05, 0.1) is 11.1 Å². The van der Waals surface area contributed by atoms with Crippen LogP contribution in [0.3, 0.4) is 0 Å². The number of imide groups is 1. The first-order valence-electron chi connectivity index (χ1n) is 9.90. The summed E-state index contributed by atoms with van der Waals surface area (Å²) in [5, 5.41) is 0. The monoisotopic (exact) mass is 377 g/mol. The molecule has 2 aromatic carbocycles. The molecule has 2 aliphatic rings. The number of nitrogens with zero attached hydrogens (tertiary/aromatic N) is 2. The highest BCUT2D eigenvalue weighted by Gasteiger charge is 2.43. The van der Waals surface area contributed by atoms with Gasteiger partial charge in [-0.05, 0) is 75.0 Å². The van der Waals surface area contributed by atoms with Crippen LogP contribution in [0.25, 0.3) is 0 Å². The van der Waals surface area contributed by atoms with Crippen molar-refractivity contribution in [1.82, 2.24) is 9.80 Å². The van der Waals surface area contributed by atoms with Gasteiger partial charge in [-0.15, -0.1) is 0 Å². The van der Waals surface area contributed by atoms with E-state index in [1.54, 1.807) is 18.2 Å². The van der Waals surface area contributed by atoms with E-state index in [4.69, 9.17) is 5.73 Å². The van der Waals surface area contributed by atoms with E-state index < -0.39 is 0 Å². The first-order valence-corrected chi connectivity index (χ1v) is 9.90. The van der Waals surface area contributed by atoms with Gasteiger partial charge in [-0.2, -0.15) is 0 Å². The maximum atomic E-state index is 12.7. The van der Waals surface area contributed by atoms with Gasteiger partial charge < -0.3 is 10.6 Å². The maximum absolute atomic E-state index is 12.7. The minimum absolute atomic E-state index is 0.242. The summed E-state index contributed by atoms with van der Waals surface area (Å²) >= 11 is 0. The number of anilines is 1. The normalized spacial score (nSPS) is 17.3. The quantitative estimate of drug-likeness (QED) is 0.595. The van der Waals surface area contributed by atoms with Crippen LogP contribution in [0.4, 0.5) is 5.69 Å². The number of nitrogens with two attached hydrogens (primary N) is 1. The second-order valence-corrected chi connectivity index (χ2v) is 8.32. The summed E-state index contributed by atoms with van der Waals surface area (Å²) in [5.74, 6) is -0.521. The van der Waals surface area contributed by atoms with Crippen LogP contribution in [0, 0.1) is 0 Å². The largest absolute Gasteiger partial charge is 0.398 e. The van der Waals surface area contributed by atoms with Crippen LogP contribution < -0.4 is 5.73 Å². The number of rotatable bonds is 7. The smallest absolute Gasteiger partial charge is 0.263 e. The predicted molar refractivity (Wildman–Crippen MR) is 110 cm³/mol. The summed E-state index contributed by atoms with van der Waals surface area (Å²) in [6.45, 7) is 1.46. The van der Waals surface area contributed by atoms with Gasteiger partial charge in [-0.3, -0.25) is 14.5 Å². The number of benzene rings is 2. The first kappa shape index (κ1) is 18.7. The molecule has 4 rings (SSSR count). The van der Waals surface area contributed by atoms with Crippen LogP contribution in [0.5, 0.6) is 0 Å². The lowest BCUT2D eigenvalue weighted by Crippen LogP contribution is -2.31. The average molecular weight is 377 g/mol. The average Bonchev–Trinajstić information content (AvgIpc) is 3.43. The Balaban J connectivity index is 1.46. The zero-order valence-electron chi connectivity index (χ0n) is 16.6. The standard InChI is InChI=1S/C23H27N3O2/c1-25(2)14-12-23(10-11-23)17-6-3-5-16(15-17)9-13-26-21(27)18-7-4-8-19(24)20(18)22(26)28/h3-8,15H,9-14,24H2,1-2H3. The van der Waals surface area contributed by atoms with Gasteiger partial charge >= 0.3 is 0 Å². The van der Waals surface area contributed by atoms with Gasteiger partial charge in [-0.1, -0.05) is 30.3 Å². The molecule has 1 saturated carbocycles. The number of hydrogen-bond donors (Lipinski definition) is 1. The third-order valence-electron chi connectivity index (χ3n) is 6.09. The lowest BCUT2D eigenvalue weighted by atomic mass is 9.90. The zero-order chi connectivity index (χ0) is 19.9. The molecular formula is C23H27N3O2. The van der Waals surface area contributed by atoms with Crippen molar-refractivity contribution in [3.05, 3.63) is 64.7 Å². The summed E-state index contributed by atoms with van der Waals surface area (Å²) in [5.41, 5.74) is 9.91. The van der Waals surface area contributed by atoms with E-state index in [2.05, 4.69) is 43.3 Å². The lowest BCUT2D eigenvalue weighted by Gasteiger charge is -2.20. The third-order valence-corrected chi connectivity index (χ3v) is 6.09. The van der Waals surface area contributed by atoms with E-state index in [1.807, 2.05) is 0 Å². The summed E-state index contributed by atoms with van der Waals surface area (Å²) in [6, 6.07) is 13.7. The second-order valence-electron chi connectivity index (χ2n) is 8.32. The molecule has 0 aromatic heterocycles. The highest BCUT2D eigenvalue weighted by Crippen LogP contribution is 2.51. The van der Waals surface area contributed by atoms with Crippen molar-refractivity contribution in [2.75, 3.05) is 32.9 Å². The molecule has 2 aromatic rings. The zero-order valence-corrected chi connectivity index (χ0v) is 16.6. The molecule has 0 radical (unpaired) electrons. The van der Waals surface area contributed by atoms with Crippen molar-refractivity contribution in [2.24, 2.45) is 0 Å². The summed E-state index contributed by atoms with van der Waals surface area (Å²) in [4.78, 5) is 28.8. The van der Waals surface area contributed by atoms with Gasteiger partial charge in [0.1, 0.15) is 0 Å². The fourth-order valence-corrected chi connectivity index (χ4v) is 4.13. The lowest BCUT2D eigenvalue weighted by molar-refractivity contribution is 0.0656. The molecular weight excluding hydrogens is 350 g/mol. The fraction of sp³-hybridized carbons (Fsp3) is 0.391. The molecule has 5 nitrogen and oxygen atoms in total. The topological polar surface area (TPSA) is 66.6 Å². The van der Waals surface area contributed by atoms with Crippen molar-refractivity contribution >= 4 is 17.5 Å². The van der Waals surface area contributed by atoms with E-state index >= 15 is 0 Å². The Kier molecular flexibility index (Phi) is 4.71. The molecule has 0 saturated heterocycles. The van der Waals surface area contributed by atoms with E-state index in [-0.39, 0.29) is 11.8 Å². The molecule has 0 unspecified atom stereocenters. The van der Waals surface area contributed by atoms with Crippen molar-refractivity contribution in [2.45, 2.75) is 31.1 Å². The summed E-state index contributed by atoms with van der Waals surface area (Å²) in [7, 11) is 4.22. The molecule has 0 spiro atoms. The van der Waals surface area contributed by atoms with Gasteiger partial charge in [0.2, 0.25) is 0 Å². The number of carbonyl (C=O) groups excluding carboxylic acids is 2. The Bertz CT molecular complexity index is 931. The molecule has 146 valence electrons. The van der Waals surface area contributed by atoms with E-state index in [9.17, 15) is 9.59 Å². The highest BCUT2D eigenvalue weighted by molar-refractivity contribution is 6.23. The molecule has 2 amide bonds. The molecule has 0 bridgehead atoms. The summed E-state index contributed by atoms with van der Waals surface area (Å²) in [6.07, 6.45) is 4.30. The predicted octanol–water partition coefficient (Wildman–Crippen LogP) is 3.09. The van der Waals surface area contributed by atoms with Gasteiger partial charge in [0.25, 0.3) is 11.8 Å². The summed E-state index contributed by atoms with van der Waals surface area (Å²) < 4.78 is 0. The van der Waals surface area contributed by atoms with Crippen molar-refractivity contribution < 1.29 is 9.59 Å². The van der Waals surface area contributed by atoms with E-state index in [1.165, 1.54) is 29.7 Å². The number of fused-ring (bicyclic) bond motifs is 1. The van der Waals surface area contributed by atoms with E-state index in [0.29, 0.717) is 35.2 Å². The number of amides is 2. The molecule has 5 heteroatoms. The van der Waals surface area contributed by atoms with E-state index in [0.717, 1.165) is 12.1 Å². The number of carbonyl (C=O) groups is 2. The number of hydrogen-bond acceptors (Lipinski definition) is 4. The second kappa shape index (κ2) is 7.06. The molecule has 1 aliphatic carbocycles. The Morgan fingerprint density at radius 3 is 2.50 bits per heavy atom. The third kappa shape index (κ3) is 3.31. The van der Waals surface area contributed by atoms with Crippen LogP contribution in [-0.4, -0.2) is 48.8 Å². The molecule has 1 fully saturated rings. The SMILES string of the molecule is CN(C)CCC1(c2cccc(CCN3C(=O)c4cccc(N)c4C3=O)c2)CC1. The fourth-order valence-electron chi connectivity index (χ4n) is 4.13. The van der Waals surface area contributed by atoms with Gasteiger partial charge in [-0.25, -0.2) is 0 Å². The molecule has 1 heterocycles. The van der Waals surface area contributed by atoms with Crippen molar-refractivity contribution in [3.63, 3.8) is 0 Å². The molecule has 1 aliphatic heterocycles. The van der Waals surface area contributed by atoms with Crippen LogP contribution in [0.15, 0.2) is 42.5 Å². The van der Waals surface area contributed by atoms with Gasteiger partial charge in [0.15, 0.2) is 0 Å². The molecule has 28 heavy (non-hydrogen) atoms. The maximum Gasteiger partial charge on any atom is 0.263 e. The van der Waals surface area contributed by atoms with Crippen molar-refractivity contribution in [3.8, 4) is 0 Å².